The van der Waals surface area contributed by atoms with Crippen LogP contribution in [0.3, 0.4) is 0 Å². The molecular weight excluding hydrogens is 324 g/mol. The van der Waals surface area contributed by atoms with Gasteiger partial charge in [0.25, 0.3) is 5.69 Å². The van der Waals surface area contributed by atoms with Gasteiger partial charge in [-0.25, -0.2) is 4.79 Å². The van der Waals surface area contributed by atoms with Gasteiger partial charge in [0, 0.05) is 56.9 Å². The van der Waals surface area contributed by atoms with Gasteiger partial charge in [0.15, 0.2) is 5.70 Å². The Hall–Kier alpha value is -2.65. The fourth-order valence-electron chi connectivity index (χ4n) is 3.03. The molecule has 1 aromatic carbocycles. The molecule has 0 aromatic heterocycles. The molecule has 2 aliphatic heterocycles. The molecule has 132 valence electrons. The van der Waals surface area contributed by atoms with Gasteiger partial charge in [0.1, 0.15) is 12.7 Å². The third-order valence-electron chi connectivity index (χ3n) is 4.61. The first-order valence-corrected chi connectivity index (χ1v) is 8.24. The number of rotatable bonds is 4. The predicted molar refractivity (Wildman–Crippen MR) is 90.4 cm³/mol. The van der Waals surface area contributed by atoms with E-state index in [0.717, 1.165) is 24.4 Å². The third-order valence-corrected chi connectivity index (χ3v) is 4.61. The normalized spacial score (nSPS) is 22.8. The number of hydrogen-bond acceptors (Lipinski definition) is 6. The molecule has 1 atom stereocenters. The number of carbonyl (C=O) groups excluding carboxylic acids is 1. The minimum Gasteiger partial charge on any atom is -0.313 e. The molecule has 0 aliphatic carbocycles. The first-order valence-electron chi connectivity index (χ1n) is 8.24. The Bertz CT molecular complexity index is 724. The van der Waals surface area contributed by atoms with Crippen LogP contribution < -0.4 is 5.32 Å². The van der Waals surface area contributed by atoms with Crippen LogP contribution in [0.15, 0.2) is 46.5 Å². The number of benzene rings is 1. The minimum atomic E-state index is -0.423. The summed E-state index contributed by atoms with van der Waals surface area (Å²) >= 11 is 0. The zero-order valence-electron chi connectivity index (χ0n) is 14.1. The number of urea groups is 1. The second kappa shape index (κ2) is 7.08. The lowest BCUT2D eigenvalue weighted by Gasteiger charge is -2.33. The summed E-state index contributed by atoms with van der Waals surface area (Å²) in [6, 6.07) is 6.32. The van der Waals surface area contributed by atoms with E-state index in [0.29, 0.717) is 26.1 Å². The summed E-state index contributed by atoms with van der Waals surface area (Å²) < 4.78 is -0.156. The average molecular weight is 345 g/mol. The number of amides is 2. The van der Waals surface area contributed by atoms with Gasteiger partial charge in [0.05, 0.1) is 4.92 Å². The predicted octanol–water partition coefficient (Wildman–Crippen LogP) is 2.22. The number of nitrogens with one attached hydrogen (secondary N) is 1. The highest BCUT2D eigenvalue weighted by molar-refractivity contribution is 5.68. The fraction of sp³-hybridized carbons (Fsp3) is 0.438. The number of carbonyl (C=O) groups is 1. The van der Waals surface area contributed by atoms with E-state index in [-0.39, 0.29) is 16.3 Å². The summed E-state index contributed by atoms with van der Waals surface area (Å²) in [7, 11) is 0. The molecule has 9 nitrogen and oxygen atoms in total. The molecule has 25 heavy (non-hydrogen) atoms. The molecule has 3 rings (SSSR count). The number of quaternary nitrogens is 1. The maximum Gasteiger partial charge on any atom is 0.452 e. The smallest absolute Gasteiger partial charge is 0.313 e. The van der Waals surface area contributed by atoms with Crippen LogP contribution >= 0.6 is 0 Å². The largest absolute Gasteiger partial charge is 0.452 e. The van der Waals surface area contributed by atoms with Gasteiger partial charge in [-0.05, 0) is 5.56 Å². The van der Waals surface area contributed by atoms with Crippen LogP contribution in [-0.4, -0.2) is 53.2 Å². The van der Waals surface area contributed by atoms with Gasteiger partial charge in [-0.15, -0.1) is 5.11 Å². The Morgan fingerprint density at radius 3 is 2.56 bits per heavy atom. The molecule has 0 saturated carbocycles. The summed E-state index contributed by atoms with van der Waals surface area (Å²) in [4.78, 5) is 25.2. The van der Waals surface area contributed by atoms with Gasteiger partial charge in [0.2, 0.25) is 0 Å². The van der Waals surface area contributed by atoms with Crippen LogP contribution in [0.2, 0.25) is 0 Å². The number of nitro groups is 1. The van der Waals surface area contributed by atoms with Crippen LogP contribution in [0.5, 0.6) is 0 Å². The van der Waals surface area contributed by atoms with Crippen molar-refractivity contribution < 1.29 is 14.3 Å². The highest BCUT2D eigenvalue weighted by atomic mass is 16.6. The van der Waals surface area contributed by atoms with Crippen molar-refractivity contribution in [3.05, 3.63) is 51.8 Å². The third kappa shape index (κ3) is 3.42. The molecule has 1 fully saturated rings. The van der Waals surface area contributed by atoms with E-state index >= 15 is 0 Å². The number of non-ortho nitro benzene ring substituents is 1. The van der Waals surface area contributed by atoms with Gasteiger partial charge < -0.3 is 5.32 Å². The standard InChI is InChI=1S/C16H21N6O3/c1-13-12-18-19-22(13,16(23)20-9-7-17-8-10-20)11-6-14-2-4-15(5-3-14)21(24)25/h2-5,12,17H,6-11H2,1H3/q+1. The topological polar surface area (TPSA) is 100 Å². The van der Waals surface area contributed by atoms with Crippen molar-refractivity contribution in [2.24, 2.45) is 10.3 Å². The first kappa shape index (κ1) is 17.2. The Morgan fingerprint density at radius 1 is 1.32 bits per heavy atom. The molecule has 1 aromatic rings. The summed E-state index contributed by atoms with van der Waals surface area (Å²) in [5.74, 6) is 0. The maximum absolute atomic E-state index is 13.1. The number of piperazine rings is 1. The van der Waals surface area contributed by atoms with Crippen LogP contribution in [0, 0.1) is 10.1 Å². The quantitative estimate of drug-likeness (QED) is 0.514. The monoisotopic (exact) mass is 345 g/mol. The highest BCUT2D eigenvalue weighted by Gasteiger charge is 2.46. The van der Waals surface area contributed by atoms with E-state index in [9.17, 15) is 14.9 Å². The molecule has 2 amide bonds. The van der Waals surface area contributed by atoms with Crippen LogP contribution in [0.4, 0.5) is 10.5 Å². The van der Waals surface area contributed by atoms with Crippen LogP contribution in [0.25, 0.3) is 0 Å². The SMILES string of the molecule is CC1=CN=N[N+]1(CCc1ccc([N+](=O)[O-])cc1)C(=O)N1CCNCC1. The molecule has 0 spiro atoms. The molecule has 0 bridgehead atoms. The van der Waals surface area contributed by atoms with Gasteiger partial charge in [-0.2, -0.15) is 0 Å². The van der Waals surface area contributed by atoms with Crippen molar-refractivity contribution in [1.82, 2.24) is 10.2 Å². The van der Waals surface area contributed by atoms with E-state index in [1.165, 1.54) is 12.1 Å². The van der Waals surface area contributed by atoms with Crippen LogP contribution in [-0.2, 0) is 6.42 Å². The lowest BCUT2D eigenvalue weighted by atomic mass is 10.1. The molecule has 2 aliphatic rings. The number of nitro benzene ring substituents is 1. The summed E-state index contributed by atoms with van der Waals surface area (Å²) in [5, 5.41) is 22.2. The van der Waals surface area contributed by atoms with Crippen molar-refractivity contribution in [3.63, 3.8) is 0 Å². The maximum atomic E-state index is 13.1. The lowest BCUT2D eigenvalue weighted by molar-refractivity contribution is -0.823. The minimum absolute atomic E-state index is 0.0569. The second-order valence-electron chi connectivity index (χ2n) is 6.16. The zero-order chi connectivity index (χ0) is 17.9. The van der Waals surface area contributed by atoms with Crippen molar-refractivity contribution in [2.75, 3.05) is 32.7 Å². The molecule has 0 radical (unpaired) electrons. The van der Waals surface area contributed by atoms with Gasteiger partial charge in [-0.1, -0.05) is 16.7 Å². The van der Waals surface area contributed by atoms with Crippen molar-refractivity contribution in [3.8, 4) is 0 Å². The van der Waals surface area contributed by atoms with E-state index in [4.69, 9.17) is 0 Å². The molecule has 1 saturated heterocycles. The van der Waals surface area contributed by atoms with Gasteiger partial charge in [-0.3, -0.25) is 15.0 Å². The lowest BCUT2D eigenvalue weighted by Crippen LogP contribution is -2.57. The first-order chi connectivity index (χ1) is 12.0. The second-order valence-corrected chi connectivity index (χ2v) is 6.16. The fourth-order valence-corrected chi connectivity index (χ4v) is 3.03. The van der Waals surface area contributed by atoms with Crippen molar-refractivity contribution in [1.29, 1.82) is 0 Å². The van der Waals surface area contributed by atoms with E-state index < -0.39 is 4.92 Å². The van der Waals surface area contributed by atoms with Crippen molar-refractivity contribution >= 4 is 11.7 Å². The Labute approximate surface area is 145 Å². The van der Waals surface area contributed by atoms with E-state index in [1.54, 1.807) is 18.3 Å². The molecule has 9 heteroatoms. The summed E-state index contributed by atoms with van der Waals surface area (Å²) in [6.45, 7) is 5.14. The van der Waals surface area contributed by atoms with Gasteiger partial charge >= 0.3 is 6.03 Å². The van der Waals surface area contributed by atoms with E-state index in [1.807, 2.05) is 11.8 Å². The Morgan fingerprint density at radius 2 is 2.00 bits per heavy atom. The zero-order valence-corrected chi connectivity index (χ0v) is 14.1. The molecule has 1 unspecified atom stereocenters. The number of hydrogen-bond donors (Lipinski definition) is 1. The van der Waals surface area contributed by atoms with Crippen LogP contribution in [0.1, 0.15) is 12.5 Å². The summed E-state index contributed by atoms with van der Waals surface area (Å²) in [5.41, 5.74) is 1.76. The molecular formula is C16H21N6O3+. The van der Waals surface area contributed by atoms with E-state index in [2.05, 4.69) is 15.7 Å². The molecule has 2 heterocycles. The Kier molecular flexibility index (Phi) is 4.86. The summed E-state index contributed by atoms with van der Waals surface area (Å²) in [6.07, 6.45) is 2.19. The number of allylic oxidation sites excluding steroid dienone is 1. The number of nitrogens with zero attached hydrogens (tertiary/aromatic N) is 5. The average Bonchev–Trinajstić information content (AvgIpc) is 3.02. The van der Waals surface area contributed by atoms with Crippen molar-refractivity contribution in [2.45, 2.75) is 13.3 Å². The molecule has 1 N–H and O–H groups in total. The Balaban J connectivity index is 1.75. The highest BCUT2D eigenvalue weighted by Crippen LogP contribution is 2.28.